The Balaban J connectivity index is 1.51. The van der Waals surface area contributed by atoms with Crippen molar-refractivity contribution in [3.8, 4) is 0 Å². The van der Waals surface area contributed by atoms with Crippen molar-refractivity contribution in [1.82, 2.24) is 19.7 Å². The largest absolute Gasteiger partial charge is 0.465 e. The minimum absolute atomic E-state index is 0.340. The molecule has 1 aromatic carbocycles. The van der Waals surface area contributed by atoms with Crippen molar-refractivity contribution in [2.45, 2.75) is 25.8 Å². The second-order valence-corrected chi connectivity index (χ2v) is 8.28. The van der Waals surface area contributed by atoms with Crippen LogP contribution < -0.4 is 0 Å². The number of hydrogen-bond acceptors (Lipinski definition) is 5. The number of ether oxygens (including phenoxy) is 1. The number of hydrogen-bond donors (Lipinski definition) is 0. The van der Waals surface area contributed by atoms with Crippen LogP contribution in [0.15, 0.2) is 30.5 Å². The number of carbonyl (C=O) groups is 1. The number of benzene rings is 1. The number of esters is 1. The first-order valence-electron chi connectivity index (χ1n) is 10.3. The lowest BCUT2D eigenvalue weighted by molar-refractivity contribution is 0.0599. The van der Waals surface area contributed by atoms with Crippen LogP contribution in [-0.4, -0.2) is 52.4 Å². The highest BCUT2D eigenvalue weighted by molar-refractivity contribution is 6.31. The molecule has 2 aliphatic rings. The van der Waals surface area contributed by atoms with E-state index in [-0.39, 0.29) is 5.97 Å². The number of rotatable bonds is 5. The van der Waals surface area contributed by atoms with Gasteiger partial charge in [0.1, 0.15) is 0 Å². The summed E-state index contributed by atoms with van der Waals surface area (Å²) in [5, 5.41) is 6.69. The van der Waals surface area contributed by atoms with E-state index in [2.05, 4.69) is 14.6 Å². The van der Waals surface area contributed by atoms with E-state index in [0.29, 0.717) is 17.0 Å². The SMILES string of the molecule is COC(=O)c1ccnc2c1CC(c1nn(CCN3CCCC3)c3ccc(Cl)cc13)=C2. The van der Waals surface area contributed by atoms with Crippen LogP contribution in [0, 0.1) is 0 Å². The molecule has 1 saturated heterocycles. The van der Waals surface area contributed by atoms with Crippen LogP contribution in [0.1, 0.15) is 40.2 Å². The number of pyridine rings is 1. The molecule has 0 N–H and O–H groups in total. The average molecular weight is 423 g/mol. The Morgan fingerprint density at radius 1 is 1.20 bits per heavy atom. The van der Waals surface area contributed by atoms with Gasteiger partial charge in [0, 0.05) is 29.6 Å². The number of carbonyl (C=O) groups excluding carboxylic acids is 1. The van der Waals surface area contributed by atoms with E-state index >= 15 is 0 Å². The smallest absolute Gasteiger partial charge is 0.338 e. The van der Waals surface area contributed by atoms with Crippen LogP contribution in [0.2, 0.25) is 5.02 Å². The minimum Gasteiger partial charge on any atom is -0.465 e. The first-order valence-corrected chi connectivity index (χ1v) is 10.7. The fourth-order valence-corrected chi connectivity index (χ4v) is 4.65. The number of halogens is 1. The van der Waals surface area contributed by atoms with E-state index in [4.69, 9.17) is 21.4 Å². The van der Waals surface area contributed by atoms with Gasteiger partial charge in [-0.05, 0) is 67.4 Å². The van der Waals surface area contributed by atoms with Gasteiger partial charge < -0.3 is 9.64 Å². The van der Waals surface area contributed by atoms with Gasteiger partial charge in [0.25, 0.3) is 0 Å². The molecule has 3 heterocycles. The molecule has 0 radical (unpaired) electrons. The molecule has 7 heteroatoms. The highest BCUT2D eigenvalue weighted by atomic mass is 35.5. The maximum Gasteiger partial charge on any atom is 0.338 e. The topological polar surface area (TPSA) is 60.2 Å². The van der Waals surface area contributed by atoms with E-state index in [0.717, 1.165) is 46.5 Å². The van der Waals surface area contributed by atoms with E-state index in [1.54, 1.807) is 12.3 Å². The van der Waals surface area contributed by atoms with Gasteiger partial charge in [-0.15, -0.1) is 0 Å². The molecule has 1 aliphatic heterocycles. The maximum absolute atomic E-state index is 12.2. The number of methoxy groups -OCH3 is 1. The summed E-state index contributed by atoms with van der Waals surface area (Å²) >= 11 is 6.32. The molecule has 1 aliphatic carbocycles. The summed E-state index contributed by atoms with van der Waals surface area (Å²) in [5.41, 5.74) is 5.27. The average Bonchev–Trinajstić information content (AvgIpc) is 3.49. The molecule has 2 aromatic heterocycles. The van der Waals surface area contributed by atoms with Crippen LogP contribution in [0.25, 0.3) is 22.6 Å². The highest BCUT2D eigenvalue weighted by Crippen LogP contribution is 2.36. The molecule has 3 aromatic rings. The molecule has 0 bridgehead atoms. The fraction of sp³-hybridized carbons (Fsp3) is 0.348. The summed E-state index contributed by atoms with van der Waals surface area (Å²) in [6.45, 7) is 4.16. The third kappa shape index (κ3) is 3.40. The minimum atomic E-state index is -0.340. The lowest BCUT2D eigenvalue weighted by atomic mass is 10.0. The van der Waals surface area contributed by atoms with E-state index in [1.807, 2.05) is 24.3 Å². The van der Waals surface area contributed by atoms with Crippen molar-refractivity contribution >= 4 is 40.1 Å². The summed E-state index contributed by atoms with van der Waals surface area (Å²) in [6.07, 6.45) is 6.82. The van der Waals surface area contributed by atoms with Crippen molar-refractivity contribution < 1.29 is 9.53 Å². The normalized spacial score (nSPS) is 16.1. The van der Waals surface area contributed by atoms with E-state index < -0.39 is 0 Å². The van der Waals surface area contributed by atoms with Gasteiger partial charge in [-0.3, -0.25) is 9.67 Å². The zero-order valence-electron chi connectivity index (χ0n) is 16.9. The molecule has 154 valence electrons. The molecule has 0 spiro atoms. The fourth-order valence-electron chi connectivity index (χ4n) is 4.48. The molecular formula is C23H23ClN4O2. The summed E-state index contributed by atoms with van der Waals surface area (Å²) in [4.78, 5) is 19.1. The van der Waals surface area contributed by atoms with Crippen molar-refractivity contribution in [1.29, 1.82) is 0 Å². The third-order valence-corrected chi connectivity index (χ3v) is 6.25. The molecule has 0 unspecified atom stereocenters. The first-order chi connectivity index (χ1) is 14.6. The summed E-state index contributed by atoms with van der Waals surface area (Å²) in [6, 6.07) is 7.64. The number of fused-ring (bicyclic) bond motifs is 2. The Hall–Kier alpha value is -2.70. The van der Waals surface area contributed by atoms with Gasteiger partial charge in [-0.1, -0.05) is 11.6 Å². The van der Waals surface area contributed by atoms with E-state index in [1.165, 1.54) is 33.0 Å². The number of likely N-dealkylation sites (tertiary alicyclic amines) is 1. The Bertz CT molecular complexity index is 1160. The predicted molar refractivity (Wildman–Crippen MR) is 118 cm³/mol. The Labute approximate surface area is 180 Å². The van der Waals surface area contributed by atoms with Crippen molar-refractivity contribution in [2.24, 2.45) is 0 Å². The lowest BCUT2D eigenvalue weighted by Gasteiger charge is -2.14. The molecule has 0 saturated carbocycles. The van der Waals surface area contributed by atoms with Crippen LogP contribution >= 0.6 is 11.6 Å². The maximum atomic E-state index is 12.2. The van der Waals surface area contributed by atoms with Crippen LogP contribution in [0.3, 0.4) is 0 Å². The Kier molecular flexibility index (Phi) is 5.05. The Morgan fingerprint density at radius 2 is 2.03 bits per heavy atom. The second kappa shape index (κ2) is 7.85. The summed E-state index contributed by atoms with van der Waals surface area (Å²) in [7, 11) is 1.40. The number of aromatic nitrogens is 3. The van der Waals surface area contributed by atoms with Crippen molar-refractivity contribution in [2.75, 3.05) is 26.7 Å². The van der Waals surface area contributed by atoms with Gasteiger partial charge in [0.05, 0.1) is 36.1 Å². The summed E-state index contributed by atoms with van der Waals surface area (Å²) in [5.74, 6) is -0.340. The molecule has 30 heavy (non-hydrogen) atoms. The zero-order chi connectivity index (χ0) is 20.7. The standard InChI is InChI=1S/C23H23ClN4O2/c1-30-23(29)17-6-7-25-20-13-15(12-18(17)20)22-19-14-16(24)4-5-21(19)28(26-22)11-10-27-8-2-3-9-27/h4-7,13-14H,2-3,8-12H2,1H3. The lowest BCUT2D eigenvalue weighted by Crippen LogP contribution is -2.24. The zero-order valence-corrected chi connectivity index (χ0v) is 17.7. The van der Waals surface area contributed by atoms with Crippen molar-refractivity contribution in [3.63, 3.8) is 0 Å². The monoisotopic (exact) mass is 422 g/mol. The molecule has 0 amide bonds. The van der Waals surface area contributed by atoms with Gasteiger partial charge in [-0.2, -0.15) is 5.10 Å². The quantitative estimate of drug-likeness (QED) is 0.580. The highest BCUT2D eigenvalue weighted by Gasteiger charge is 2.25. The predicted octanol–water partition coefficient (Wildman–Crippen LogP) is 4.06. The third-order valence-electron chi connectivity index (χ3n) is 6.02. The molecule has 0 atom stereocenters. The molecule has 1 fully saturated rings. The second-order valence-electron chi connectivity index (χ2n) is 7.84. The van der Waals surface area contributed by atoms with E-state index in [9.17, 15) is 4.79 Å². The Morgan fingerprint density at radius 3 is 2.83 bits per heavy atom. The van der Waals surface area contributed by atoms with Gasteiger partial charge >= 0.3 is 5.97 Å². The van der Waals surface area contributed by atoms with Gasteiger partial charge in [0.2, 0.25) is 0 Å². The van der Waals surface area contributed by atoms with Crippen LogP contribution in [-0.2, 0) is 17.7 Å². The number of nitrogens with zero attached hydrogens (tertiary/aromatic N) is 4. The number of allylic oxidation sites excluding steroid dienone is 1. The van der Waals surface area contributed by atoms with Gasteiger partial charge in [0.15, 0.2) is 0 Å². The van der Waals surface area contributed by atoms with Gasteiger partial charge in [-0.25, -0.2) is 4.79 Å². The molecule has 5 rings (SSSR count). The molecular weight excluding hydrogens is 400 g/mol. The first kappa shape index (κ1) is 19.3. The van der Waals surface area contributed by atoms with Crippen molar-refractivity contribution in [3.05, 3.63) is 58.0 Å². The van der Waals surface area contributed by atoms with Crippen LogP contribution in [0.4, 0.5) is 0 Å². The van der Waals surface area contributed by atoms with Crippen LogP contribution in [0.5, 0.6) is 0 Å². The summed E-state index contributed by atoms with van der Waals surface area (Å²) < 4.78 is 7.02. The molecule has 6 nitrogen and oxygen atoms in total.